The molecule has 1 aromatic carbocycles. The second-order valence-corrected chi connectivity index (χ2v) is 7.71. The van der Waals surface area contributed by atoms with Crippen molar-refractivity contribution in [2.24, 2.45) is 0 Å². The molecule has 1 aromatic heterocycles. The Hall–Kier alpha value is -0.660. The summed E-state index contributed by atoms with van der Waals surface area (Å²) in [7, 11) is -3.20. The smallest absolute Gasteiger partial charge is 0.175 e. The zero-order chi connectivity index (χ0) is 13.0. The summed E-state index contributed by atoms with van der Waals surface area (Å²) in [5, 5.41) is 5.12. The summed E-state index contributed by atoms with van der Waals surface area (Å²) < 4.78 is 24.9. The molecule has 0 fully saturated rings. The maximum atomic E-state index is 11.9. The molecule has 0 aliphatic heterocycles. The van der Waals surface area contributed by atoms with Gasteiger partial charge in [-0.1, -0.05) is 12.1 Å². The van der Waals surface area contributed by atoms with Crippen LogP contribution in [0.3, 0.4) is 0 Å². The molecule has 2 rings (SSSR count). The van der Waals surface area contributed by atoms with E-state index in [-0.39, 0.29) is 5.75 Å². The first-order valence-corrected chi connectivity index (χ1v) is 8.96. The minimum Gasteiger partial charge on any atom is -0.224 e. The zero-order valence-electron chi connectivity index (χ0n) is 9.41. The van der Waals surface area contributed by atoms with Gasteiger partial charge in [0.15, 0.2) is 9.84 Å². The van der Waals surface area contributed by atoms with Crippen LogP contribution >= 0.6 is 33.9 Å². The summed E-state index contributed by atoms with van der Waals surface area (Å²) in [6, 6.07) is 9.40. The summed E-state index contributed by atoms with van der Waals surface area (Å²) in [5.74, 6) is 0.0462. The molecular weight excluding hydrogens is 379 g/mol. The van der Waals surface area contributed by atoms with Crippen LogP contribution in [0.25, 0.3) is 6.08 Å². The van der Waals surface area contributed by atoms with Crippen LogP contribution in [0.2, 0.25) is 0 Å². The van der Waals surface area contributed by atoms with Crippen LogP contribution < -0.4 is 0 Å². The van der Waals surface area contributed by atoms with E-state index in [1.807, 2.05) is 41.1 Å². The summed E-state index contributed by atoms with van der Waals surface area (Å²) in [4.78, 5) is 0. The third kappa shape index (κ3) is 4.22. The summed E-state index contributed by atoms with van der Waals surface area (Å²) in [6.45, 7) is 0. The molecule has 0 saturated carbocycles. The van der Waals surface area contributed by atoms with E-state index < -0.39 is 9.84 Å². The van der Waals surface area contributed by atoms with E-state index in [9.17, 15) is 8.42 Å². The number of benzene rings is 1. The molecule has 0 N–H and O–H groups in total. The molecule has 0 bridgehead atoms. The van der Waals surface area contributed by atoms with E-state index in [2.05, 4.69) is 22.6 Å². The molecule has 0 unspecified atom stereocenters. The highest BCUT2D eigenvalue weighted by molar-refractivity contribution is 14.1. The lowest BCUT2D eigenvalue weighted by Crippen LogP contribution is -1.99. The van der Waals surface area contributed by atoms with E-state index in [1.54, 1.807) is 17.4 Å². The van der Waals surface area contributed by atoms with Gasteiger partial charge in [0.1, 0.15) is 0 Å². The molecule has 0 spiro atoms. The lowest BCUT2D eigenvalue weighted by atomic mass is 10.2. The quantitative estimate of drug-likeness (QED) is 0.742. The van der Waals surface area contributed by atoms with Gasteiger partial charge >= 0.3 is 0 Å². The molecule has 0 saturated heterocycles. The zero-order valence-corrected chi connectivity index (χ0v) is 13.2. The Labute approximate surface area is 124 Å². The molecule has 1 heterocycles. The van der Waals surface area contributed by atoms with Gasteiger partial charge < -0.3 is 0 Å². The first kappa shape index (κ1) is 13.8. The molecule has 94 valence electrons. The van der Waals surface area contributed by atoms with E-state index in [1.165, 1.54) is 5.41 Å². The van der Waals surface area contributed by atoms with Crippen molar-refractivity contribution < 1.29 is 8.42 Å². The predicted molar refractivity (Wildman–Crippen MR) is 85.1 cm³/mol. The Morgan fingerprint density at radius 1 is 1.17 bits per heavy atom. The van der Waals surface area contributed by atoms with Gasteiger partial charge in [-0.3, -0.25) is 0 Å². The van der Waals surface area contributed by atoms with Gasteiger partial charge in [0.2, 0.25) is 0 Å². The summed E-state index contributed by atoms with van der Waals surface area (Å²) >= 11 is 3.74. The van der Waals surface area contributed by atoms with Crippen molar-refractivity contribution in [3.8, 4) is 0 Å². The van der Waals surface area contributed by atoms with Crippen molar-refractivity contribution in [1.29, 1.82) is 0 Å². The molecule has 0 atom stereocenters. The highest BCUT2D eigenvalue weighted by Gasteiger charge is 2.07. The second kappa shape index (κ2) is 5.99. The van der Waals surface area contributed by atoms with Gasteiger partial charge in [0.05, 0.1) is 5.75 Å². The topological polar surface area (TPSA) is 34.1 Å². The fraction of sp³-hybridized carbons (Fsp3) is 0.0769. The standard InChI is InChI=1S/C13H11IO2S2/c14-13-3-1-12(2-4-13)10-18(15,16)8-6-11-5-7-17-9-11/h1-9H,10H2. The maximum absolute atomic E-state index is 11.9. The first-order valence-electron chi connectivity index (χ1n) is 5.23. The molecule has 2 nitrogen and oxygen atoms in total. The van der Waals surface area contributed by atoms with Gasteiger partial charge in [-0.15, -0.1) is 0 Å². The minimum atomic E-state index is -3.20. The predicted octanol–water partition coefficient (Wildman–Crippen LogP) is 3.94. The lowest BCUT2D eigenvalue weighted by molar-refractivity contribution is 0.604. The minimum absolute atomic E-state index is 0.0462. The maximum Gasteiger partial charge on any atom is 0.175 e. The lowest BCUT2D eigenvalue weighted by Gasteiger charge is -2.00. The van der Waals surface area contributed by atoms with Crippen LogP contribution in [0.1, 0.15) is 11.1 Å². The molecule has 0 aliphatic rings. The highest BCUT2D eigenvalue weighted by Crippen LogP contribution is 2.13. The fourth-order valence-electron chi connectivity index (χ4n) is 1.41. The number of rotatable bonds is 4. The summed E-state index contributed by atoms with van der Waals surface area (Å²) in [6.07, 6.45) is 1.64. The number of halogens is 1. The van der Waals surface area contributed by atoms with Crippen molar-refractivity contribution in [3.05, 3.63) is 61.2 Å². The van der Waals surface area contributed by atoms with Gasteiger partial charge in [0.25, 0.3) is 0 Å². The van der Waals surface area contributed by atoms with Crippen LogP contribution in [-0.4, -0.2) is 8.42 Å². The third-order valence-electron chi connectivity index (χ3n) is 2.29. The average Bonchev–Trinajstić information content (AvgIpc) is 2.83. The number of thiophene rings is 1. The molecule has 0 amide bonds. The molecule has 2 aromatic rings. The molecule has 5 heteroatoms. The van der Waals surface area contributed by atoms with E-state index in [4.69, 9.17) is 0 Å². The highest BCUT2D eigenvalue weighted by atomic mass is 127. The Morgan fingerprint density at radius 3 is 2.50 bits per heavy atom. The molecular formula is C13H11IO2S2. The Bertz CT molecular complexity index is 626. The van der Waals surface area contributed by atoms with Crippen molar-refractivity contribution in [2.75, 3.05) is 0 Å². The number of hydrogen-bond acceptors (Lipinski definition) is 3. The van der Waals surface area contributed by atoms with Gasteiger partial charge in [-0.05, 0) is 68.8 Å². The van der Waals surface area contributed by atoms with Crippen LogP contribution in [0.15, 0.2) is 46.5 Å². The van der Waals surface area contributed by atoms with E-state index in [0.29, 0.717) is 0 Å². The van der Waals surface area contributed by atoms with Gasteiger partial charge in [-0.25, -0.2) is 8.42 Å². The normalized spacial score (nSPS) is 12.1. The average molecular weight is 390 g/mol. The largest absolute Gasteiger partial charge is 0.224 e. The van der Waals surface area contributed by atoms with Crippen LogP contribution in [0, 0.1) is 3.57 Å². The summed E-state index contributed by atoms with van der Waals surface area (Å²) in [5.41, 5.74) is 1.73. The monoisotopic (exact) mass is 390 g/mol. The molecule has 18 heavy (non-hydrogen) atoms. The van der Waals surface area contributed by atoms with Crippen LogP contribution in [-0.2, 0) is 15.6 Å². The fourth-order valence-corrected chi connectivity index (χ4v) is 3.52. The van der Waals surface area contributed by atoms with Crippen molar-refractivity contribution in [3.63, 3.8) is 0 Å². The van der Waals surface area contributed by atoms with Crippen molar-refractivity contribution >= 4 is 49.8 Å². The Morgan fingerprint density at radius 2 is 1.89 bits per heavy atom. The van der Waals surface area contributed by atoms with Crippen LogP contribution in [0.4, 0.5) is 0 Å². The van der Waals surface area contributed by atoms with E-state index in [0.717, 1.165) is 14.7 Å². The number of sulfone groups is 1. The van der Waals surface area contributed by atoms with Crippen molar-refractivity contribution in [2.45, 2.75) is 5.75 Å². The molecule has 0 aliphatic carbocycles. The van der Waals surface area contributed by atoms with Gasteiger partial charge in [-0.2, -0.15) is 11.3 Å². The van der Waals surface area contributed by atoms with Crippen LogP contribution in [0.5, 0.6) is 0 Å². The second-order valence-electron chi connectivity index (χ2n) is 3.79. The molecule has 0 radical (unpaired) electrons. The first-order chi connectivity index (χ1) is 8.55. The van der Waals surface area contributed by atoms with Gasteiger partial charge in [0, 0.05) is 8.98 Å². The number of hydrogen-bond donors (Lipinski definition) is 0. The Kier molecular flexibility index (Phi) is 4.58. The van der Waals surface area contributed by atoms with Crippen molar-refractivity contribution in [1.82, 2.24) is 0 Å². The third-order valence-corrected chi connectivity index (χ3v) is 5.00. The SMILES string of the molecule is O=S(=O)(C=Cc1ccsc1)Cc1ccc(I)cc1. The Balaban J connectivity index is 2.10. The van der Waals surface area contributed by atoms with E-state index >= 15 is 0 Å².